The van der Waals surface area contributed by atoms with Gasteiger partial charge in [0.1, 0.15) is 0 Å². The molecule has 0 saturated carbocycles. The highest BCUT2D eigenvalue weighted by molar-refractivity contribution is 5.94. The van der Waals surface area contributed by atoms with E-state index in [1.54, 1.807) is 24.5 Å². The van der Waals surface area contributed by atoms with Gasteiger partial charge < -0.3 is 5.32 Å². The summed E-state index contributed by atoms with van der Waals surface area (Å²) < 4.78 is 0. The highest BCUT2D eigenvalue weighted by atomic mass is 16.1. The zero-order valence-electron chi connectivity index (χ0n) is 9.53. The van der Waals surface area contributed by atoms with E-state index in [9.17, 15) is 4.79 Å². The number of nitrogens with one attached hydrogen (secondary N) is 1. The van der Waals surface area contributed by atoms with Crippen molar-refractivity contribution in [2.45, 2.75) is 33.2 Å². The van der Waals surface area contributed by atoms with Crippen molar-refractivity contribution >= 4 is 5.91 Å². The van der Waals surface area contributed by atoms with Crippen molar-refractivity contribution in [3.8, 4) is 0 Å². The molecule has 0 spiro atoms. The minimum absolute atomic E-state index is 0.0226. The van der Waals surface area contributed by atoms with E-state index in [0.29, 0.717) is 11.5 Å². The quantitative estimate of drug-likeness (QED) is 0.821. The molecule has 3 heteroatoms. The van der Waals surface area contributed by atoms with Crippen LogP contribution in [0, 0.1) is 5.92 Å². The van der Waals surface area contributed by atoms with Crippen LogP contribution in [0.3, 0.4) is 0 Å². The predicted octanol–water partition coefficient (Wildman–Crippen LogP) is 2.25. The number of amides is 1. The Hall–Kier alpha value is -1.38. The summed E-state index contributed by atoms with van der Waals surface area (Å²) in [5.74, 6) is 0.572. The summed E-state index contributed by atoms with van der Waals surface area (Å²) in [4.78, 5) is 15.6. The maximum atomic E-state index is 11.7. The van der Waals surface area contributed by atoms with Crippen LogP contribution >= 0.6 is 0 Å². The third kappa shape index (κ3) is 4.11. The standard InChI is InChI=1S/C12H18N2O/c1-9(2)8-10(3)14-12(15)11-4-6-13-7-5-11/h4-7,9-10H,8H2,1-3H3,(H,14,15)/t10-/m0/s1. The fraction of sp³-hybridized carbons (Fsp3) is 0.500. The summed E-state index contributed by atoms with van der Waals surface area (Å²) in [6.07, 6.45) is 4.25. The number of hydrogen-bond acceptors (Lipinski definition) is 2. The van der Waals surface area contributed by atoms with Crippen LogP contribution in [0.25, 0.3) is 0 Å². The van der Waals surface area contributed by atoms with Gasteiger partial charge in [0.15, 0.2) is 0 Å². The molecular formula is C12H18N2O. The van der Waals surface area contributed by atoms with Gasteiger partial charge in [0.05, 0.1) is 0 Å². The van der Waals surface area contributed by atoms with Gasteiger partial charge >= 0.3 is 0 Å². The average molecular weight is 206 g/mol. The van der Waals surface area contributed by atoms with Gasteiger partial charge in [-0.1, -0.05) is 13.8 Å². The van der Waals surface area contributed by atoms with Gasteiger partial charge in [0.25, 0.3) is 5.91 Å². The van der Waals surface area contributed by atoms with E-state index >= 15 is 0 Å². The van der Waals surface area contributed by atoms with E-state index in [1.165, 1.54) is 0 Å². The van der Waals surface area contributed by atoms with Crippen molar-refractivity contribution < 1.29 is 4.79 Å². The van der Waals surface area contributed by atoms with Crippen molar-refractivity contribution in [3.05, 3.63) is 30.1 Å². The third-order valence-corrected chi connectivity index (χ3v) is 2.14. The number of carbonyl (C=O) groups is 1. The molecule has 1 aromatic rings. The Morgan fingerprint density at radius 1 is 1.33 bits per heavy atom. The van der Waals surface area contributed by atoms with Gasteiger partial charge in [-0.15, -0.1) is 0 Å². The molecule has 82 valence electrons. The van der Waals surface area contributed by atoms with Crippen molar-refractivity contribution in [2.75, 3.05) is 0 Å². The Labute approximate surface area is 90.9 Å². The average Bonchev–Trinajstić information content (AvgIpc) is 2.17. The molecule has 1 N–H and O–H groups in total. The van der Waals surface area contributed by atoms with Gasteiger partial charge in [-0.05, 0) is 31.4 Å². The summed E-state index contributed by atoms with van der Waals surface area (Å²) in [5.41, 5.74) is 0.667. The highest BCUT2D eigenvalue weighted by Crippen LogP contribution is 2.05. The number of pyridine rings is 1. The van der Waals surface area contributed by atoms with Gasteiger partial charge in [-0.3, -0.25) is 9.78 Å². The largest absolute Gasteiger partial charge is 0.350 e. The maximum Gasteiger partial charge on any atom is 0.251 e. The van der Waals surface area contributed by atoms with Crippen LogP contribution in [-0.2, 0) is 0 Å². The van der Waals surface area contributed by atoms with E-state index in [2.05, 4.69) is 24.1 Å². The summed E-state index contributed by atoms with van der Waals surface area (Å²) in [5, 5.41) is 2.96. The van der Waals surface area contributed by atoms with Crippen LogP contribution in [0.4, 0.5) is 0 Å². The predicted molar refractivity (Wildman–Crippen MR) is 60.6 cm³/mol. The third-order valence-electron chi connectivity index (χ3n) is 2.14. The maximum absolute atomic E-state index is 11.7. The first kappa shape index (κ1) is 11.7. The number of rotatable bonds is 4. The minimum Gasteiger partial charge on any atom is -0.350 e. The molecule has 0 aliphatic rings. The number of nitrogens with zero attached hydrogens (tertiary/aromatic N) is 1. The number of hydrogen-bond donors (Lipinski definition) is 1. The van der Waals surface area contributed by atoms with E-state index in [-0.39, 0.29) is 11.9 Å². The summed E-state index contributed by atoms with van der Waals surface area (Å²) in [6, 6.07) is 3.65. The zero-order valence-corrected chi connectivity index (χ0v) is 9.53. The molecule has 1 atom stereocenters. The molecule has 1 amide bonds. The van der Waals surface area contributed by atoms with Crippen LogP contribution in [-0.4, -0.2) is 16.9 Å². The molecule has 15 heavy (non-hydrogen) atoms. The first-order valence-electron chi connectivity index (χ1n) is 5.30. The smallest absolute Gasteiger partial charge is 0.251 e. The monoisotopic (exact) mass is 206 g/mol. The van der Waals surface area contributed by atoms with Crippen molar-refractivity contribution in [1.82, 2.24) is 10.3 Å². The fourth-order valence-corrected chi connectivity index (χ4v) is 1.58. The van der Waals surface area contributed by atoms with E-state index < -0.39 is 0 Å². The van der Waals surface area contributed by atoms with Gasteiger partial charge in [-0.25, -0.2) is 0 Å². The normalized spacial score (nSPS) is 12.5. The molecule has 1 rings (SSSR count). The highest BCUT2D eigenvalue weighted by Gasteiger charge is 2.10. The number of aromatic nitrogens is 1. The molecule has 0 radical (unpaired) electrons. The van der Waals surface area contributed by atoms with Crippen LogP contribution < -0.4 is 5.32 Å². The second-order valence-electron chi connectivity index (χ2n) is 4.24. The van der Waals surface area contributed by atoms with Crippen LogP contribution in [0.1, 0.15) is 37.6 Å². The van der Waals surface area contributed by atoms with Gasteiger partial charge in [-0.2, -0.15) is 0 Å². The van der Waals surface area contributed by atoms with Crippen molar-refractivity contribution in [1.29, 1.82) is 0 Å². The summed E-state index contributed by atoms with van der Waals surface area (Å²) in [7, 11) is 0. The summed E-state index contributed by atoms with van der Waals surface area (Å²) in [6.45, 7) is 6.32. The molecular weight excluding hydrogens is 188 g/mol. The molecule has 0 bridgehead atoms. The molecule has 0 aliphatic heterocycles. The Morgan fingerprint density at radius 3 is 2.47 bits per heavy atom. The van der Waals surface area contributed by atoms with Crippen LogP contribution in [0.2, 0.25) is 0 Å². The molecule has 0 aromatic carbocycles. The van der Waals surface area contributed by atoms with E-state index in [0.717, 1.165) is 6.42 Å². The Balaban J connectivity index is 2.49. The van der Waals surface area contributed by atoms with Gasteiger partial charge in [0.2, 0.25) is 0 Å². The lowest BCUT2D eigenvalue weighted by atomic mass is 10.1. The van der Waals surface area contributed by atoms with Crippen molar-refractivity contribution in [3.63, 3.8) is 0 Å². The molecule has 1 heterocycles. The topological polar surface area (TPSA) is 42.0 Å². The molecule has 0 aliphatic carbocycles. The first-order valence-corrected chi connectivity index (χ1v) is 5.30. The van der Waals surface area contributed by atoms with Crippen LogP contribution in [0.15, 0.2) is 24.5 Å². The van der Waals surface area contributed by atoms with Crippen molar-refractivity contribution in [2.24, 2.45) is 5.92 Å². The summed E-state index contributed by atoms with van der Waals surface area (Å²) >= 11 is 0. The Bertz CT molecular complexity index is 309. The Kier molecular flexibility index (Phi) is 4.28. The number of carbonyl (C=O) groups excluding carboxylic acids is 1. The van der Waals surface area contributed by atoms with Gasteiger partial charge in [0, 0.05) is 24.0 Å². The van der Waals surface area contributed by atoms with Crippen LogP contribution in [0.5, 0.6) is 0 Å². The molecule has 0 fully saturated rings. The lowest BCUT2D eigenvalue weighted by molar-refractivity contribution is 0.0936. The second-order valence-corrected chi connectivity index (χ2v) is 4.24. The lowest BCUT2D eigenvalue weighted by Crippen LogP contribution is -2.33. The Morgan fingerprint density at radius 2 is 1.93 bits per heavy atom. The second kappa shape index (κ2) is 5.49. The van der Waals surface area contributed by atoms with E-state index in [1.807, 2.05) is 6.92 Å². The fourth-order valence-electron chi connectivity index (χ4n) is 1.58. The molecule has 0 saturated heterocycles. The first-order chi connectivity index (χ1) is 7.09. The molecule has 3 nitrogen and oxygen atoms in total. The molecule has 0 unspecified atom stereocenters. The lowest BCUT2D eigenvalue weighted by Gasteiger charge is -2.15. The van der Waals surface area contributed by atoms with E-state index in [4.69, 9.17) is 0 Å². The molecule has 1 aromatic heterocycles. The minimum atomic E-state index is -0.0226. The SMILES string of the molecule is CC(C)C[C@H](C)NC(=O)c1ccncc1. The zero-order chi connectivity index (χ0) is 11.3.